The van der Waals surface area contributed by atoms with Gasteiger partial charge in [-0.25, -0.2) is 0 Å². The van der Waals surface area contributed by atoms with Crippen LogP contribution in [-0.4, -0.2) is 6.79 Å². The highest BCUT2D eigenvalue weighted by molar-refractivity contribution is 6.13. The van der Waals surface area contributed by atoms with Crippen LogP contribution in [0.1, 0.15) is 11.1 Å². The Kier molecular flexibility index (Phi) is 1.75. The molecule has 0 N–H and O–H groups in total. The van der Waals surface area contributed by atoms with Crippen LogP contribution in [-0.2, 0) is 0 Å². The average molecular weight is 254 g/mol. The number of hydrogen-bond acceptors (Lipinski definition) is 4. The molecule has 0 fully saturated rings. The zero-order chi connectivity index (χ0) is 13.3. The molecule has 0 atom stereocenters. The van der Waals surface area contributed by atoms with Crippen molar-refractivity contribution in [3.63, 3.8) is 0 Å². The molecule has 1 heterocycles. The van der Waals surface area contributed by atoms with E-state index in [0.717, 1.165) is 21.9 Å². The van der Waals surface area contributed by atoms with E-state index in [2.05, 4.69) is 0 Å². The molecule has 3 aromatic carbocycles. The molecule has 19 heavy (non-hydrogen) atoms. The summed E-state index contributed by atoms with van der Waals surface area (Å²) < 4.78 is 10.7. The zero-order valence-corrected chi connectivity index (χ0v) is 10.5. The van der Waals surface area contributed by atoms with Gasteiger partial charge >= 0.3 is 0 Å². The molecule has 0 aromatic heterocycles. The standard InChI is InChI=1S/C15H10O4/c1-6-7(2)12-13(15(17)14(12)16)9-4-11-10(3-8(6)9)18-5-19-11/h3-4H,5H2,1-2H3. The van der Waals surface area contributed by atoms with Gasteiger partial charge in [0, 0.05) is 10.8 Å². The van der Waals surface area contributed by atoms with Crippen molar-refractivity contribution in [1.29, 1.82) is 0 Å². The van der Waals surface area contributed by atoms with Crippen LogP contribution in [0.25, 0.3) is 21.5 Å². The van der Waals surface area contributed by atoms with E-state index in [4.69, 9.17) is 9.47 Å². The highest BCUT2D eigenvalue weighted by Crippen LogP contribution is 2.40. The molecule has 0 saturated carbocycles. The first-order valence-corrected chi connectivity index (χ1v) is 6.05. The fourth-order valence-corrected chi connectivity index (χ4v) is 2.85. The number of aryl methyl sites for hydroxylation is 2. The van der Waals surface area contributed by atoms with E-state index in [1.165, 1.54) is 0 Å². The van der Waals surface area contributed by atoms with Crippen LogP contribution in [0.4, 0.5) is 0 Å². The van der Waals surface area contributed by atoms with Gasteiger partial charge in [0.05, 0.1) is 0 Å². The zero-order valence-electron chi connectivity index (χ0n) is 10.5. The first-order chi connectivity index (χ1) is 9.09. The third kappa shape index (κ3) is 1.09. The van der Waals surface area contributed by atoms with Gasteiger partial charge in [0.2, 0.25) is 17.7 Å². The SMILES string of the molecule is Cc1c(C)c2c(=O)c(=O)c2c2cc3c(cc12)OCO3. The second kappa shape index (κ2) is 3.15. The van der Waals surface area contributed by atoms with Gasteiger partial charge in [-0.3, -0.25) is 9.59 Å². The number of ether oxygens (including phenoxy) is 2. The second-order valence-corrected chi connectivity index (χ2v) is 4.91. The summed E-state index contributed by atoms with van der Waals surface area (Å²) >= 11 is 0. The molecule has 0 radical (unpaired) electrons. The molecule has 4 rings (SSSR count). The Bertz CT molecular complexity index is 943. The molecule has 0 amide bonds. The number of fused-ring (bicyclic) bond motifs is 4. The summed E-state index contributed by atoms with van der Waals surface area (Å²) in [7, 11) is 0. The summed E-state index contributed by atoms with van der Waals surface area (Å²) in [4.78, 5) is 23.5. The van der Waals surface area contributed by atoms with Crippen LogP contribution in [0.15, 0.2) is 21.7 Å². The fourth-order valence-electron chi connectivity index (χ4n) is 2.85. The molecule has 94 valence electrons. The van der Waals surface area contributed by atoms with Crippen molar-refractivity contribution in [2.75, 3.05) is 6.79 Å². The van der Waals surface area contributed by atoms with Gasteiger partial charge in [-0.05, 0) is 47.9 Å². The molecule has 0 saturated heterocycles. The molecular formula is C15H10O4. The molecule has 4 nitrogen and oxygen atoms in total. The number of hydrogen-bond donors (Lipinski definition) is 0. The summed E-state index contributed by atoms with van der Waals surface area (Å²) in [6.45, 7) is 4.03. The molecule has 0 bridgehead atoms. The first kappa shape index (κ1) is 10.6. The molecule has 0 spiro atoms. The lowest BCUT2D eigenvalue weighted by Crippen LogP contribution is -2.31. The van der Waals surface area contributed by atoms with Crippen molar-refractivity contribution in [3.05, 3.63) is 43.7 Å². The minimum Gasteiger partial charge on any atom is -0.454 e. The molecule has 1 aliphatic heterocycles. The highest BCUT2D eigenvalue weighted by atomic mass is 16.7. The van der Waals surface area contributed by atoms with Crippen molar-refractivity contribution in [2.45, 2.75) is 13.8 Å². The van der Waals surface area contributed by atoms with Gasteiger partial charge in [-0.1, -0.05) is 0 Å². The number of benzene rings is 2. The Hall–Kier alpha value is -2.36. The molecular weight excluding hydrogens is 244 g/mol. The first-order valence-electron chi connectivity index (χ1n) is 6.05. The maximum atomic E-state index is 11.8. The minimum absolute atomic E-state index is 0.193. The van der Waals surface area contributed by atoms with Crippen molar-refractivity contribution >= 4 is 21.5 Å². The summed E-state index contributed by atoms with van der Waals surface area (Å²) in [6, 6.07) is 3.68. The van der Waals surface area contributed by atoms with Crippen LogP contribution in [0.3, 0.4) is 0 Å². The Morgan fingerprint density at radius 1 is 0.842 bits per heavy atom. The molecule has 4 heteroatoms. The predicted molar refractivity (Wildman–Crippen MR) is 72.0 cm³/mol. The summed E-state index contributed by atoms with van der Waals surface area (Å²) in [5, 5.41) is 2.82. The van der Waals surface area contributed by atoms with Gasteiger partial charge in [0.15, 0.2) is 11.5 Å². The van der Waals surface area contributed by atoms with Crippen LogP contribution in [0.5, 0.6) is 11.5 Å². The summed E-state index contributed by atoms with van der Waals surface area (Å²) in [5.41, 5.74) is 1.11. The monoisotopic (exact) mass is 254 g/mol. The molecule has 1 aliphatic rings. The number of rotatable bonds is 0. The smallest absolute Gasteiger partial charge is 0.234 e. The largest absolute Gasteiger partial charge is 0.454 e. The maximum Gasteiger partial charge on any atom is 0.234 e. The second-order valence-electron chi connectivity index (χ2n) is 4.91. The lowest BCUT2D eigenvalue weighted by atomic mass is 9.89. The van der Waals surface area contributed by atoms with E-state index in [1.54, 1.807) is 6.07 Å². The van der Waals surface area contributed by atoms with Gasteiger partial charge in [0.1, 0.15) is 0 Å². The Morgan fingerprint density at radius 3 is 2.11 bits per heavy atom. The van der Waals surface area contributed by atoms with E-state index in [9.17, 15) is 9.59 Å². The lowest BCUT2D eigenvalue weighted by molar-refractivity contribution is 0.174. The van der Waals surface area contributed by atoms with Crippen LogP contribution < -0.4 is 20.3 Å². The third-order valence-corrected chi connectivity index (χ3v) is 4.03. The Morgan fingerprint density at radius 2 is 1.42 bits per heavy atom. The van der Waals surface area contributed by atoms with E-state index in [1.807, 2.05) is 19.9 Å². The van der Waals surface area contributed by atoms with Crippen LogP contribution >= 0.6 is 0 Å². The lowest BCUT2D eigenvalue weighted by Gasteiger charge is -2.13. The molecule has 3 aromatic rings. The summed E-state index contributed by atoms with van der Waals surface area (Å²) in [6.07, 6.45) is 0. The van der Waals surface area contributed by atoms with E-state index in [-0.39, 0.29) is 12.2 Å². The van der Waals surface area contributed by atoms with Crippen molar-refractivity contribution in [3.8, 4) is 11.5 Å². The van der Waals surface area contributed by atoms with E-state index in [0.29, 0.717) is 22.3 Å². The van der Waals surface area contributed by atoms with Crippen molar-refractivity contribution in [1.82, 2.24) is 0 Å². The summed E-state index contributed by atoms with van der Waals surface area (Å²) in [5.74, 6) is 1.32. The minimum atomic E-state index is -0.401. The van der Waals surface area contributed by atoms with Crippen LogP contribution in [0.2, 0.25) is 0 Å². The topological polar surface area (TPSA) is 52.6 Å². The van der Waals surface area contributed by atoms with Gasteiger partial charge in [-0.15, -0.1) is 0 Å². The average Bonchev–Trinajstić information content (AvgIpc) is 2.86. The Labute approximate surface area is 107 Å². The molecule has 0 aliphatic carbocycles. The predicted octanol–water partition coefficient (Wildman–Crippen LogP) is 1.93. The quantitative estimate of drug-likeness (QED) is 0.575. The van der Waals surface area contributed by atoms with Crippen molar-refractivity contribution < 1.29 is 9.47 Å². The highest BCUT2D eigenvalue weighted by Gasteiger charge is 2.23. The van der Waals surface area contributed by atoms with E-state index < -0.39 is 5.43 Å². The van der Waals surface area contributed by atoms with E-state index >= 15 is 0 Å². The van der Waals surface area contributed by atoms with Gasteiger partial charge < -0.3 is 9.47 Å². The van der Waals surface area contributed by atoms with Crippen LogP contribution in [0, 0.1) is 13.8 Å². The van der Waals surface area contributed by atoms with Gasteiger partial charge in [-0.2, -0.15) is 0 Å². The van der Waals surface area contributed by atoms with Crippen molar-refractivity contribution in [2.24, 2.45) is 0 Å². The molecule has 0 unspecified atom stereocenters. The van der Waals surface area contributed by atoms with Gasteiger partial charge in [0.25, 0.3) is 0 Å². The third-order valence-electron chi connectivity index (χ3n) is 4.03. The fraction of sp³-hybridized carbons (Fsp3) is 0.200. The maximum absolute atomic E-state index is 11.8. The normalized spacial score (nSPS) is 13.8. The Balaban J connectivity index is 2.31.